The monoisotopic (exact) mass is 348 g/mol. The molecule has 0 saturated carbocycles. The average Bonchev–Trinajstić information content (AvgIpc) is 3.01. The minimum absolute atomic E-state index is 0.0674. The third kappa shape index (κ3) is 3.41. The van der Waals surface area contributed by atoms with Crippen LogP contribution in [0.25, 0.3) is 0 Å². The molecule has 0 fully saturated rings. The Morgan fingerprint density at radius 2 is 2.09 bits per heavy atom. The molecular formula is C17H17ClN2O2S. The summed E-state index contributed by atoms with van der Waals surface area (Å²) in [4.78, 5) is 28.0. The fourth-order valence-electron chi connectivity index (χ4n) is 2.69. The molecule has 1 atom stereocenters. The molecule has 3 rings (SSSR count). The lowest BCUT2D eigenvalue weighted by Gasteiger charge is -2.29. The molecule has 0 spiro atoms. The first-order chi connectivity index (χ1) is 11.1. The molecule has 1 N–H and O–H groups in total. The van der Waals surface area contributed by atoms with Crippen molar-refractivity contribution in [3.8, 4) is 0 Å². The summed E-state index contributed by atoms with van der Waals surface area (Å²) in [5.41, 5.74) is 1.59. The highest BCUT2D eigenvalue weighted by Crippen LogP contribution is 2.24. The number of fused-ring (bicyclic) bond motifs is 1. The van der Waals surface area contributed by atoms with Crippen LogP contribution in [-0.4, -0.2) is 29.3 Å². The SMILES string of the molecule is CC(NC(=O)c1ccccc1Cl)C(=O)N1CCc2sccc2C1. The highest BCUT2D eigenvalue weighted by Gasteiger charge is 2.26. The molecule has 1 aromatic carbocycles. The maximum absolute atomic E-state index is 12.6. The van der Waals surface area contributed by atoms with Gasteiger partial charge in [0.15, 0.2) is 0 Å². The van der Waals surface area contributed by atoms with Gasteiger partial charge < -0.3 is 10.2 Å². The highest BCUT2D eigenvalue weighted by atomic mass is 35.5. The quantitative estimate of drug-likeness (QED) is 0.926. The van der Waals surface area contributed by atoms with Gasteiger partial charge in [-0.25, -0.2) is 0 Å². The smallest absolute Gasteiger partial charge is 0.253 e. The summed E-state index contributed by atoms with van der Waals surface area (Å²) in [6.07, 6.45) is 0.879. The van der Waals surface area contributed by atoms with Gasteiger partial charge in [-0.05, 0) is 42.5 Å². The van der Waals surface area contributed by atoms with Crippen LogP contribution in [0, 0.1) is 0 Å². The van der Waals surface area contributed by atoms with Gasteiger partial charge in [0, 0.05) is 18.0 Å². The van der Waals surface area contributed by atoms with E-state index < -0.39 is 6.04 Å². The van der Waals surface area contributed by atoms with Crippen LogP contribution in [0.2, 0.25) is 5.02 Å². The molecule has 2 heterocycles. The summed E-state index contributed by atoms with van der Waals surface area (Å²) < 4.78 is 0. The Hall–Kier alpha value is -1.85. The van der Waals surface area contributed by atoms with Gasteiger partial charge in [-0.1, -0.05) is 23.7 Å². The second kappa shape index (κ2) is 6.72. The number of carbonyl (C=O) groups excluding carboxylic acids is 2. The van der Waals surface area contributed by atoms with Crippen molar-refractivity contribution in [1.82, 2.24) is 10.2 Å². The van der Waals surface area contributed by atoms with Gasteiger partial charge in [-0.2, -0.15) is 0 Å². The molecule has 0 radical (unpaired) electrons. The molecular weight excluding hydrogens is 332 g/mol. The first-order valence-electron chi connectivity index (χ1n) is 7.45. The van der Waals surface area contributed by atoms with E-state index in [9.17, 15) is 9.59 Å². The van der Waals surface area contributed by atoms with Crippen molar-refractivity contribution >= 4 is 34.8 Å². The van der Waals surface area contributed by atoms with Crippen molar-refractivity contribution in [2.24, 2.45) is 0 Å². The summed E-state index contributed by atoms with van der Waals surface area (Å²) in [5.74, 6) is -0.396. The highest BCUT2D eigenvalue weighted by molar-refractivity contribution is 7.10. The van der Waals surface area contributed by atoms with E-state index in [0.29, 0.717) is 23.7 Å². The molecule has 1 unspecified atom stereocenters. The van der Waals surface area contributed by atoms with E-state index in [0.717, 1.165) is 6.42 Å². The molecule has 6 heteroatoms. The van der Waals surface area contributed by atoms with E-state index in [1.54, 1.807) is 47.4 Å². The van der Waals surface area contributed by atoms with Crippen LogP contribution in [-0.2, 0) is 17.8 Å². The molecule has 23 heavy (non-hydrogen) atoms. The van der Waals surface area contributed by atoms with Crippen LogP contribution in [0.15, 0.2) is 35.7 Å². The number of rotatable bonds is 3. The largest absolute Gasteiger partial charge is 0.340 e. The van der Waals surface area contributed by atoms with Crippen molar-refractivity contribution in [3.63, 3.8) is 0 Å². The molecule has 2 amide bonds. The number of amides is 2. The van der Waals surface area contributed by atoms with E-state index in [4.69, 9.17) is 11.6 Å². The maximum Gasteiger partial charge on any atom is 0.253 e. The molecule has 0 aliphatic carbocycles. The zero-order valence-electron chi connectivity index (χ0n) is 12.7. The summed E-state index contributed by atoms with van der Waals surface area (Å²) in [6.45, 7) is 3.02. The maximum atomic E-state index is 12.6. The number of thiophene rings is 1. The van der Waals surface area contributed by atoms with Gasteiger partial charge in [0.1, 0.15) is 6.04 Å². The van der Waals surface area contributed by atoms with Gasteiger partial charge in [0.05, 0.1) is 10.6 Å². The lowest BCUT2D eigenvalue weighted by molar-refractivity contribution is -0.133. The third-order valence-corrected chi connectivity index (χ3v) is 5.31. The minimum atomic E-state index is -0.584. The van der Waals surface area contributed by atoms with Crippen LogP contribution in [0.5, 0.6) is 0 Å². The summed E-state index contributed by atoms with van der Waals surface area (Å²) in [5, 5.41) is 5.18. The first-order valence-corrected chi connectivity index (χ1v) is 8.71. The van der Waals surface area contributed by atoms with E-state index in [2.05, 4.69) is 16.8 Å². The Labute approximate surface area is 144 Å². The number of hydrogen-bond donors (Lipinski definition) is 1. The molecule has 0 saturated heterocycles. The second-order valence-electron chi connectivity index (χ2n) is 5.55. The van der Waals surface area contributed by atoms with Gasteiger partial charge in [0.2, 0.25) is 5.91 Å². The predicted molar refractivity (Wildman–Crippen MR) is 91.8 cm³/mol. The Morgan fingerprint density at radius 3 is 2.87 bits per heavy atom. The third-order valence-electron chi connectivity index (χ3n) is 3.96. The van der Waals surface area contributed by atoms with E-state index in [1.165, 1.54) is 10.4 Å². The Balaban J connectivity index is 1.64. The van der Waals surface area contributed by atoms with Gasteiger partial charge in [-0.15, -0.1) is 11.3 Å². The van der Waals surface area contributed by atoms with Gasteiger partial charge in [0.25, 0.3) is 5.91 Å². The van der Waals surface area contributed by atoms with Gasteiger partial charge in [-0.3, -0.25) is 9.59 Å². The fourth-order valence-corrected chi connectivity index (χ4v) is 3.80. The number of hydrogen-bond acceptors (Lipinski definition) is 3. The van der Waals surface area contributed by atoms with E-state index in [1.807, 2.05) is 0 Å². The molecule has 120 valence electrons. The number of nitrogens with one attached hydrogen (secondary N) is 1. The minimum Gasteiger partial charge on any atom is -0.340 e. The molecule has 1 aliphatic heterocycles. The van der Waals surface area contributed by atoms with Crippen molar-refractivity contribution < 1.29 is 9.59 Å². The average molecular weight is 349 g/mol. The zero-order valence-corrected chi connectivity index (χ0v) is 14.3. The Bertz CT molecular complexity index is 744. The lowest BCUT2D eigenvalue weighted by Crippen LogP contribution is -2.48. The van der Waals surface area contributed by atoms with Crippen LogP contribution < -0.4 is 5.32 Å². The number of benzene rings is 1. The first kappa shape index (κ1) is 16.0. The Morgan fingerprint density at radius 1 is 1.30 bits per heavy atom. The number of halogens is 1. The lowest BCUT2D eigenvalue weighted by atomic mass is 10.1. The second-order valence-corrected chi connectivity index (χ2v) is 6.96. The van der Waals surface area contributed by atoms with Crippen molar-refractivity contribution in [3.05, 3.63) is 56.7 Å². The van der Waals surface area contributed by atoms with Gasteiger partial charge >= 0.3 is 0 Å². The fraction of sp³-hybridized carbons (Fsp3) is 0.294. The van der Waals surface area contributed by atoms with Crippen molar-refractivity contribution in [1.29, 1.82) is 0 Å². The molecule has 1 aromatic heterocycles. The molecule has 2 aromatic rings. The summed E-state index contributed by atoms with van der Waals surface area (Å²) in [7, 11) is 0. The summed E-state index contributed by atoms with van der Waals surface area (Å²) >= 11 is 7.75. The standard InChI is InChI=1S/C17H17ClN2O2S/c1-11(19-16(21)13-4-2-3-5-14(13)18)17(22)20-8-6-15-12(10-20)7-9-23-15/h2-5,7,9,11H,6,8,10H2,1H3,(H,19,21). The van der Waals surface area contributed by atoms with E-state index in [-0.39, 0.29) is 11.8 Å². The van der Waals surface area contributed by atoms with Crippen LogP contribution >= 0.6 is 22.9 Å². The predicted octanol–water partition coefficient (Wildman–Crippen LogP) is 3.10. The van der Waals surface area contributed by atoms with Crippen LogP contribution in [0.4, 0.5) is 0 Å². The molecule has 1 aliphatic rings. The summed E-state index contributed by atoms with van der Waals surface area (Å²) in [6, 6.07) is 8.29. The normalized spacial score (nSPS) is 15.0. The number of carbonyl (C=O) groups is 2. The molecule has 4 nitrogen and oxygen atoms in total. The molecule has 0 bridgehead atoms. The number of nitrogens with zero attached hydrogens (tertiary/aromatic N) is 1. The zero-order chi connectivity index (χ0) is 16.4. The van der Waals surface area contributed by atoms with Crippen LogP contribution in [0.1, 0.15) is 27.7 Å². The van der Waals surface area contributed by atoms with E-state index >= 15 is 0 Å². The Kier molecular flexibility index (Phi) is 4.68. The van der Waals surface area contributed by atoms with Crippen molar-refractivity contribution in [2.45, 2.75) is 25.9 Å². The van der Waals surface area contributed by atoms with Crippen LogP contribution in [0.3, 0.4) is 0 Å². The van der Waals surface area contributed by atoms with Crippen molar-refractivity contribution in [2.75, 3.05) is 6.54 Å². The topological polar surface area (TPSA) is 49.4 Å².